The molecule has 0 saturated carbocycles. The van der Waals surface area contributed by atoms with Crippen LogP contribution in [0.4, 0.5) is 10.5 Å². The molecule has 2 N–H and O–H groups in total. The molecule has 1 fully saturated rings. The standard InChI is InChI=1S/C28H23ClN4O3/c1-28-24-19(18-9-3-6-12-22(18)31-24)14-15-32(28)27(36)33(26(28)35)23-13-7-4-10-20(23)25(34)30-16-17-8-2-5-11-21(17)29/h2-13,31H,14-16H2,1H3,(H,30,34)/t28-/m0/s1. The summed E-state index contributed by atoms with van der Waals surface area (Å²) in [5, 5.41) is 4.48. The summed E-state index contributed by atoms with van der Waals surface area (Å²) in [5.41, 5.74) is 2.81. The molecule has 1 atom stereocenters. The van der Waals surface area contributed by atoms with E-state index in [9.17, 15) is 14.4 Å². The number of aromatic amines is 1. The number of halogens is 1. The largest absolute Gasteiger partial charge is 0.356 e. The Morgan fingerprint density at radius 3 is 2.58 bits per heavy atom. The quantitative estimate of drug-likeness (QED) is 0.389. The van der Waals surface area contributed by atoms with Gasteiger partial charge in [0.1, 0.15) is 0 Å². The normalized spacial score (nSPS) is 18.9. The van der Waals surface area contributed by atoms with Crippen molar-refractivity contribution in [3.8, 4) is 0 Å². The average Bonchev–Trinajstić information content (AvgIpc) is 3.37. The number of urea groups is 1. The van der Waals surface area contributed by atoms with E-state index in [1.54, 1.807) is 42.2 Å². The molecule has 36 heavy (non-hydrogen) atoms. The van der Waals surface area contributed by atoms with Crippen molar-refractivity contribution in [3.63, 3.8) is 0 Å². The lowest BCUT2D eigenvalue weighted by Crippen LogP contribution is -2.49. The molecule has 4 amide bonds. The van der Waals surface area contributed by atoms with Crippen molar-refractivity contribution in [2.45, 2.75) is 25.4 Å². The summed E-state index contributed by atoms with van der Waals surface area (Å²) in [6, 6.07) is 21.4. The number of carbonyl (C=O) groups excluding carboxylic acids is 3. The molecule has 0 bridgehead atoms. The number of hydrogen-bond donors (Lipinski definition) is 2. The average molecular weight is 499 g/mol. The van der Waals surface area contributed by atoms with Crippen molar-refractivity contribution in [1.29, 1.82) is 0 Å². The lowest BCUT2D eigenvalue weighted by Gasteiger charge is -2.35. The number of amides is 4. The molecule has 180 valence electrons. The summed E-state index contributed by atoms with van der Waals surface area (Å²) >= 11 is 6.23. The first-order chi connectivity index (χ1) is 17.4. The number of carbonyl (C=O) groups is 3. The van der Waals surface area contributed by atoms with Gasteiger partial charge in [0.05, 0.1) is 16.9 Å². The number of imide groups is 1. The highest BCUT2D eigenvalue weighted by Gasteiger charge is 2.59. The molecule has 8 heteroatoms. The van der Waals surface area contributed by atoms with Gasteiger partial charge in [0.15, 0.2) is 5.54 Å². The van der Waals surface area contributed by atoms with E-state index in [1.165, 1.54) is 0 Å². The molecule has 0 aliphatic carbocycles. The fourth-order valence-corrected chi connectivity index (χ4v) is 5.58. The van der Waals surface area contributed by atoms with Crippen molar-refractivity contribution < 1.29 is 14.4 Å². The molecule has 0 unspecified atom stereocenters. The number of para-hydroxylation sites is 2. The van der Waals surface area contributed by atoms with Gasteiger partial charge in [-0.15, -0.1) is 0 Å². The van der Waals surface area contributed by atoms with Crippen LogP contribution in [-0.2, 0) is 23.3 Å². The lowest BCUT2D eigenvalue weighted by atomic mass is 9.87. The molecule has 2 aliphatic rings. The van der Waals surface area contributed by atoms with Crippen LogP contribution in [0.15, 0.2) is 72.8 Å². The number of aromatic nitrogens is 1. The van der Waals surface area contributed by atoms with Gasteiger partial charge in [0, 0.05) is 29.0 Å². The zero-order valence-electron chi connectivity index (χ0n) is 19.5. The molecule has 7 nitrogen and oxygen atoms in total. The van der Waals surface area contributed by atoms with Crippen molar-refractivity contribution >= 4 is 46.0 Å². The Morgan fingerprint density at radius 1 is 1.03 bits per heavy atom. The van der Waals surface area contributed by atoms with E-state index in [0.717, 1.165) is 32.6 Å². The van der Waals surface area contributed by atoms with E-state index in [0.29, 0.717) is 18.0 Å². The predicted octanol–water partition coefficient (Wildman–Crippen LogP) is 4.99. The van der Waals surface area contributed by atoms with Gasteiger partial charge in [-0.3, -0.25) is 9.59 Å². The predicted molar refractivity (Wildman–Crippen MR) is 138 cm³/mol. The maximum atomic E-state index is 14.0. The third-order valence-corrected chi connectivity index (χ3v) is 7.62. The third-order valence-electron chi connectivity index (χ3n) is 7.25. The number of nitrogens with zero attached hydrogens (tertiary/aromatic N) is 2. The lowest BCUT2D eigenvalue weighted by molar-refractivity contribution is -0.125. The van der Waals surface area contributed by atoms with Crippen LogP contribution in [0.25, 0.3) is 10.9 Å². The highest BCUT2D eigenvalue weighted by Crippen LogP contribution is 2.45. The van der Waals surface area contributed by atoms with Crippen LogP contribution in [0.5, 0.6) is 0 Å². The maximum Gasteiger partial charge on any atom is 0.332 e. The van der Waals surface area contributed by atoms with Gasteiger partial charge in [0.25, 0.3) is 11.8 Å². The second-order valence-electron chi connectivity index (χ2n) is 9.21. The van der Waals surface area contributed by atoms with Crippen molar-refractivity contribution in [2.75, 3.05) is 11.4 Å². The first-order valence-electron chi connectivity index (χ1n) is 11.8. The monoisotopic (exact) mass is 498 g/mol. The van der Waals surface area contributed by atoms with Crippen LogP contribution in [0.3, 0.4) is 0 Å². The first-order valence-corrected chi connectivity index (χ1v) is 12.2. The minimum Gasteiger partial charge on any atom is -0.356 e. The fourth-order valence-electron chi connectivity index (χ4n) is 5.38. The van der Waals surface area contributed by atoms with Gasteiger partial charge < -0.3 is 15.2 Å². The number of rotatable bonds is 4. The SMILES string of the molecule is C[C@]12C(=O)N(c3ccccc3C(=O)NCc3ccccc3Cl)C(=O)N1CCc1c2[nH]c2ccccc12. The van der Waals surface area contributed by atoms with Gasteiger partial charge in [-0.05, 0) is 48.7 Å². The first kappa shape index (κ1) is 22.4. The van der Waals surface area contributed by atoms with Crippen LogP contribution in [-0.4, -0.2) is 34.3 Å². The van der Waals surface area contributed by atoms with Crippen molar-refractivity contribution in [1.82, 2.24) is 15.2 Å². The number of fused-ring (bicyclic) bond motifs is 5. The minimum atomic E-state index is -1.19. The van der Waals surface area contributed by atoms with Crippen LogP contribution in [0.2, 0.25) is 5.02 Å². The van der Waals surface area contributed by atoms with Crippen molar-refractivity contribution in [2.24, 2.45) is 0 Å². The molecule has 3 heterocycles. The second-order valence-corrected chi connectivity index (χ2v) is 9.62. The molecular weight excluding hydrogens is 476 g/mol. The van der Waals surface area contributed by atoms with Gasteiger partial charge in [-0.2, -0.15) is 0 Å². The zero-order valence-corrected chi connectivity index (χ0v) is 20.3. The topological polar surface area (TPSA) is 85.5 Å². The summed E-state index contributed by atoms with van der Waals surface area (Å²) < 4.78 is 0. The smallest absolute Gasteiger partial charge is 0.332 e. The van der Waals surface area contributed by atoms with Gasteiger partial charge in [-0.1, -0.05) is 60.1 Å². The minimum absolute atomic E-state index is 0.219. The van der Waals surface area contributed by atoms with Crippen LogP contribution in [0, 0.1) is 0 Å². The number of hydrogen-bond acceptors (Lipinski definition) is 3. The van der Waals surface area contributed by atoms with Gasteiger partial charge >= 0.3 is 6.03 Å². The Labute approximate surface area is 212 Å². The molecule has 3 aromatic carbocycles. The second kappa shape index (κ2) is 8.24. The number of anilines is 1. The Bertz CT molecular complexity index is 1560. The van der Waals surface area contributed by atoms with E-state index >= 15 is 0 Å². The highest BCUT2D eigenvalue weighted by atomic mass is 35.5. The molecule has 1 aromatic heterocycles. The fraction of sp³-hybridized carbons (Fsp3) is 0.179. The Balaban J connectivity index is 1.37. The summed E-state index contributed by atoms with van der Waals surface area (Å²) in [6.07, 6.45) is 0.641. The zero-order chi connectivity index (χ0) is 25.0. The van der Waals surface area contributed by atoms with E-state index in [2.05, 4.69) is 10.3 Å². The van der Waals surface area contributed by atoms with E-state index in [4.69, 9.17) is 11.6 Å². The summed E-state index contributed by atoms with van der Waals surface area (Å²) in [6.45, 7) is 2.41. The summed E-state index contributed by atoms with van der Waals surface area (Å²) in [5.74, 6) is -0.779. The maximum absolute atomic E-state index is 14.0. The number of benzene rings is 3. The molecule has 1 saturated heterocycles. The third kappa shape index (κ3) is 3.16. The molecular formula is C28H23ClN4O3. The van der Waals surface area contributed by atoms with Gasteiger partial charge in [0.2, 0.25) is 0 Å². The van der Waals surface area contributed by atoms with E-state index in [-0.39, 0.29) is 23.7 Å². The molecule has 4 aromatic rings. The summed E-state index contributed by atoms with van der Waals surface area (Å²) in [4.78, 5) is 47.0. The van der Waals surface area contributed by atoms with Gasteiger partial charge in [-0.25, -0.2) is 9.69 Å². The molecule has 0 spiro atoms. The Morgan fingerprint density at radius 2 is 1.75 bits per heavy atom. The molecule has 0 radical (unpaired) electrons. The summed E-state index contributed by atoms with van der Waals surface area (Å²) in [7, 11) is 0. The highest BCUT2D eigenvalue weighted by molar-refractivity contribution is 6.31. The number of H-pyrrole nitrogens is 1. The van der Waals surface area contributed by atoms with Crippen LogP contribution < -0.4 is 10.2 Å². The Hall–Kier alpha value is -4.10. The van der Waals surface area contributed by atoms with Crippen LogP contribution >= 0.6 is 11.6 Å². The number of nitrogens with one attached hydrogen (secondary N) is 2. The van der Waals surface area contributed by atoms with Crippen LogP contribution in [0.1, 0.15) is 34.1 Å². The van der Waals surface area contributed by atoms with Crippen molar-refractivity contribution in [3.05, 3.63) is 100 Å². The van der Waals surface area contributed by atoms with E-state index < -0.39 is 17.5 Å². The molecule has 6 rings (SSSR count). The Kier molecular flexibility index (Phi) is 5.12. The molecule has 2 aliphatic heterocycles. The van der Waals surface area contributed by atoms with E-state index in [1.807, 2.05) is 42.5 Å².